The lowest BCUT2D eigenvalue weighted by atomic mass is 10.1. The van der Waals surface area contributed by atoms with Crippen LogP contribution in [-0.2, 0) is 17.9 Å². The number of carbonyl (C=O) groups is 1. The topological polar surface area (TPSA) is 34.5 Å². The zero-order valence-electron chi connectivity index (χ0n) is 17.9. The van der Waals surface area contributed by atoms with Gasteiger partial charge in [0.15, 0.2) is 0 Å². The first-order valence-electron chi connectivity index (χ1n) is 10.5. The van der Waals surface area contributed by atoms with Crippen molar-refractivity contribution in [1.82, 2.24) is 9.47 Å². The summed E-state index contributed by atoms with van der Waals surface area (Å²) >= 11 is 6.88. The molecule has 3 aromatic carbocycles. The molecule has 1 aliphatic rings. The van der Waals surface area contributed by atoms with Crippen LogP contribution in [0.3, 0.4) is 0 Å². The van der Waals surface area contributed by atoms with Crippen LogP contribution in [0.1, 0.15) is 18.1 Å². The Morgan fingerprint density at radius 2 is 1.75 bits per heavy atom. The maximum absolute atomic E-state index is 13.1. The first-order valence-corrected chi connectivity index (χ1v) is 11.7. The minimum Gasteiger partial charge on any atom is -0.497 e. The molecule has 1 amide bonds. The smallest absolute Gasteiger partial charge is 0.266 e. The molecule has 0 bridgehead atoms. The van der Waals surface area contributed by atoms with E-state index in [1.165, 1.54) is 33.6 Å². The average Bonchev–Trinajstić information content (AvgIpc) is 3.28. The van der Waals surface area contributed by atoms with Crippen LogP contribution in [0.2, 0.25) is 0 Å². The highest BCUT2D eigenvalue weighted by molar-refractivity contribution is 8.26. The van der Waals surface area contributed by atoms with Gasteiger partial charge >= 0.3 is 0 Å². The summed E-state index contributed by atoms with van der Waals surface area (Å²) in [5, 5.41) is 2.43. The van der Waals surface area contributed by atoms with Crippen molar-refractivity contribution < 1.29 is 9.53 Å². The van der Waals surface area contributed by atoms with Gasteiger partial charge in [0.25, 0.3) is 5.91 Å². The van der Waals surface area contributed by atoms with Crippen molar-refractivity contribution in [2.75, 3.05) is 7.11 Å². The van der Waals surface area contributed by atoms with E-state index in [0.717, 1.165) is 23.4 Å². The van der Waals surface area contributed by atoms with Gasteiger partial charge in [-0.2, -0.15) is 0 Å². The van der Waals surface area contributed by atoms with Gasteiger partial charge in [-0.05, 0) is 54.5 Å². The molecular formula is C26H22N2O2S2. The largest absolute Gasteiger partial charge is 0.497 e. The third-order valence-electron chi connectivity index (χ3n) is 5.78. The van der Waals surface area contributed by atoms with Crippen molar-refractivity contribution in [1.29, 1.82) is 0 Å². The zero-order chi connectivity index (χ0) is 22.2. The number of hydrogen-bond donors (Lipinski definition) is 0. The summed E-state index contributed by atoms with van der Waals surface area (Å²) in [6, 6.07) is 22.5. The van der Waals surface area contributed by atoms with Crippen molar-refractivity contribution in [2.24, 2.45) is 0 Å². The minimum atomic E-state index is -0.0492. The number of thiocarbonyl (C=S) groups is 1. The lowest BCUT2D eigenvalue weighted by Gasteiger charge is -2.14. The van der Waals surface area contributed by atoms with E-state index >= 15 is 0 Å². The molecular weight excluding hydrogens is 436 g/mol. The Morgan fingerprint density at radius 3 is 2.50 bits per heavy atom. The predicted molar refractivity (Wildman–Crippen MR) is 137 cm³/mol. The van der Waals surface area contributed by atoms with Crippen molar-refractivity contribution in [2.45, 2.75) is 20.0 Å². The summed E-state index contributed by atoms with van der Waals surface area (Å²) < 4.78 is 8.12. The number of amides is 1. The van der Waals surface area contributed by atoms with E-state index < -0.39 is 0 Å². The molecule has 5 rings (SSSR count). The molecule has 0 unspecified atom stereocenters. The van der Waals surface area contributed by atoms with Crippen LogP contribution in [0, 0.1) is 0 Å². The number of aryl methyl sites for hydroxylation is 1. The minimum absolute atomic E-state index is 0.0492. The van der Waals surface area contributed by atoms with Gasteiger partial charge in [-0.3, -0.25) is 9.69 Å². The molecule has 0 N–H and O–H groups in total. The number of methoxy groups -OCH3 is 1. The van der Waals surface area contributed by atoms with Crippen LogP contribution in [0.25, 0.3) is 27.9 Å². The van der Waals surface area contributed by atoms with Crippen LogP contribution < -0.4 is 4.74 Å². The number of thioether (sulfide) groups is 1. The molecule has 2 heterocycles. The molecule has 4 nitrogen and oxygen atoms in total. The number of ether oxygens (including phenoxy) is 1. The third-order valence-corrected chi connectivity index (χ3v) is 7.16. The average molecular weight is 459 g/mol. The molecule has 6 heteroatoms. The molecule has 1 fully saturated rings. The van der Waals surface area contributed by atoms with Crippen molar-refractivity contribution >= 4 is 62.1 Å². The van der Waals surface area contributed by atoms with Crippen LogP contribution in [-0.4, -0.2) is 26.8 Å². The fourth-order valence-corrected chi connectivity index (χ4v) is 5.46. The Balaban J connectivity index is 1.46. The second-order valence-electron chi connectivity index (χ2n) is 7.65. The number of nitrogens with zero attached hydrogens (tertiary/aromatic N) is 2. The van der Waals surface area contributed by atoms with Gasteiger partial charge in [0.05, 0.1) is 18.6 Å². The number of hydrogen-bond acceptors (Lipinski definition) is 4. The van der Waals surface area contributed by atoms with Crippen LogP contribution in [0.4, 0.5) is 0 Å². The third kappa shape index (κ3) is 3.59. The summed E-state index contributed by atoms with van der Waals surface area (Å²) in [5.74, 6) is 0.741. The molecule has 1 saturated heterocycles. The maximum Gasteiger partial charge on any atom is 0.266 e. The fraction of sp³-hybridized carbons (Fsp3) is 0.154. The highest BCUT2D eigenvalue weighted by atomic mass is 32.2. The van der Waals surface area contributed by atoms with Gasteiger partial charge in [-0.25, -0.2) is 0 Å². The molecule has 32 heavy (non-hydrogen) atoms. The molecule has 0 spiro atoms. The Kier molecular flexibility index (Phi) is 5.49. The van der Waals surface area contributed by atoms with E-state index in [-0.39, 0.29) is 5.91 Å². The zero-order valence-corrected chi connectivity index (χ0v) is 19.5. The quantitative estimate of drug-likeness (QED) is 0.262. The van der Waals surface area contributed by atoms with Crippen LogP contribution >= 0.6 is 24.0 Å². The number of para-hydroxylation sites is 1. The summed E-state index contributed by atoms with van der Waals surface area (Å²) in [4.78, 5) is 15.4. The molecule has 0 saturated carbocycles. The summed E-state index contributed by atoms with van der Waals surface area (Å²) in [6.07, 6.45) is 1.95. The fourth-order valence-electron chi connectivity index (χ4n) is 4.20. The Hall–Kier alpha value is -3.09. The Morgan fingerprint density at radius 1 is 1.00 bits per heavy atom. The number of rotatable bonds is 5. The lowest BCUT2D eigenvalue weighted by Crippen LogP contribution is -2.27. The van der Waals surface area contributed by atoms with Gasteiger partial charge in [0, 0.05) is 28.4 Å². The second-order valence-corrected chi connectivity index (χ2v) is 9.33. The van der Waals surface area contributed by atoms with Gasteiger partial charge in [0.1, 0.15) is 10.1 Å². The maximum atomic E-state index is 13.1. The number of fused-ring (bicyclic) bond motifs is 3. The SMILES string of the molecule is CCn1c2ccccc2c2cc(C=C3SC(=S)N(Cc4ccc(OC)cc4)C3=O)ccc21. The highest BCUT2D eigenvalue weighted by Crippen LogP contribution is 2.35. The molecule has 160 valence electrons. The first-order chi connectivity index (χ1) is 15.6. The molecule has 0 aliphatic carbocycles. The first kappa shape index (κ1) is 20.8. The standard InChI is InChI=1S/C26H22N2O2S2/c1-3-27-22-7-5-4-6-20(22)21-14-18(10-13-23(21)27)15-24-25(29)28(26(31)32-24)16-17-8-11-19(30-2)12-9-17/h4-15H,3,16H2,1-2H3. The molecule has 1 aromatic heterocycles. The van der Waals surface area contributed by atoms with Crippen LogP contribution in [0.15, 0.2) is 71.6 Å². The molecule has 1 aliphatic heterocycles. The number of aromatic nitrogens is 1. The predicted octanol–water partition coefficient (Wildman–Crippen LogP) is 6.22. The van der Waals surface area contributed by atoms with E-state index in [4.69, 9.17) is 17.0 Å². The monoisotopic (exact) mass is 458 g/mol. The van der Waals surface area contributed by atoms with E-state index in [1.54, 1.807) is 12.0 Å². The van der Waals surface area contributed by atoms with Crippen molar-refractivity contribution in [3.05, 3.63) is 82.8 Å². The number of carbonyl (C=O) groups excluding carboxylic acids is 1. The van der Waals surface area contributed by atoms with Crippen molar-refractivity contribution in [3.8, 4) is 5.75 Å². The summed E-state index contributed by atoms with van der Waals surface area (Å²) in [7, 11) is 1.64. The summed E-state index contributed by atoms with van der Waals surface area (Å²) in [5.41, 5.74) is 4.45. The van der Waals surface area contributed by atoms with Gasteiger partial charge < -0.3 is 9.30 Å². The number of benzene rings is 3. The van der Waals surface area contributed by atoms with E-state index in [2.05, 4.69) is 54.0 Å². The van der Waals surface area contributed by atoms with E-state index in [0.29, 0.717) is 15.8 Å². The van der Waals surface area contributed by atoms with E-state index in [9.17, 15) is 4.79 Å². The summed E-state index contributed by atoms with van der Waals surface area (Å²) in [6.45, 7) is 3.52. The molecule has 0 atom stereocenters. The highest BCUT2D eigenvalue weighted by Gasteiger charge is 2.32. The van der Waals surface area contributed by atoms with Gasteiger partial charge in [-0.1, -0.05) is 60.4 Å². The van der Waals surface area contributed by atoms with Crippen molar-refractivity contribution in [3.63, 3.8) is 0 Å². The second kappa shape index (κ2) is 8.45. The molecule has 0 radical (unpaired) electrons. The molecule has 4 aromatic rings. The van der Waals surface area contributed by atoms with E-state index in [1.807, 2.05) is 30.3 Å². The van der Waals surface area contributed by atoms with Gasteiger partial charge in [-0.15, -0.1) is 0 Å². The Bertz CT molecular complexity index is 1390. The van der Waals surface area contributed by atoms with Crippen LogP contribution in [0.5, 0.6) is 5.75 Å². The van der Waals surface area contributed by atoms with Gasteiger partial charge in [0.2, 0.25) is 0 Å². The lowest BCUT2D eigenvalue weighted by molar-refractivity contribution is -0.122. The normalized spacial score (nSPS) is 15.4. The Labute approximate surface area is 196 Å².